The van der Waals surface area contributed by atoms with Crippen LogP contribution < -0.4 is 16.6 Å². The van der Waals surface area contributed by atoms with Gasteiger partial charge in [-0.05, 0) is 46.3 Å². The van der Waals surface area contributed by atoms with Gasteiger partial charge >= 0.3 is 0 Å². The minimum absolute atomic E-state index is 0.00782. The number of hydrogen-bond donors (Lipinski definition) is 3. The molecule has 1 rings (SSSR count). The summed E-state index contributed by atoms with van der Waals surface area (Å²) in [6, 6.07) is 4.83. The smallest absolute Gasteiger partial charge is 0.269 e. The molecule has 0 heterocycles. The summed E-state index contributed by atoms with van der Waals surface area (Å²) in [5, 5.41) is 0.449. The van der Waals surface area contributed by atoms with E-state index in [1.807, 2.05) is 0 Å². The van der Waals surface area contributed by atoms with Gasteiger partial charge in [0.25, 0.3) is 5.91 Å². The lowest BCUT2D eigenvalue weighted by atomic mass is 10.2. The minimum Gasteiger partial charge on any atom is -0.375 e. The predicted octanol–water partition coefficient (Wildman–Crippen LogP) is 1.58. The molecule has 1 aromatic rings. The van der Waals surface area contributed by atoms with E-state index >= 15 is 0 Å². The Bertz CT molecular complexity index is 413. The summed E-state index contributed by atoms with van der Waals surface area (Å²) < 4.78 is 0.725. The molecule has 0 fully saturated rings. The molecule has 0 atom stereocenters. The van der Waals surface area contributed by atoms with Gasteiger partial charge in [-0.1, -0.05) is 11.6 Å². The maximum Gasteiger partial charge on any atom is 0.269 e. The Morgan fingerprint density at radius 1 is 1.47 bits per heavy atom. The number of carbonyl (C=O) groups is 1. The first-order chi connectivity index (χ1) is 7.00. The Labute approximate surface area is 105 Å². The minimum atomic E-state index is -0.364. The van der Waals surface area contributed by atoms with Crippen molar-refractivity contribution >= 4 is 50.8 Å². The van der Waals surface area contributed by atoms with Crippen molar-refractivity contribution in [3.8, 4) is 0 Å². The molecule has 4 N–H and O–H groups in total. The van der Waals surface area contributed by atoms with E-state index in [-0.39, 0.29) is 11.0 Å². The van der Waals surface area contributed by atoms with Crippen LogP contribution >= 0.6 is 39.7 Å². The maximum absolute atomic E-state index is 11.4. The van der Waals surface area contributed by atoms with Crippen LogP contribution in [0.3, 0.4) is 0 Å². The lowest BCUT2D eigenvalue weighted by molar-refractivity contribution is 0.0944. The van der Waals surface area contributed by atoms with Crippen molar-refractivity contribution in [3.63, 3.8) is 0 Å². The predicted molar refractivity (Wildman–Crippen MR) is 66.5 cm³/mol. The van der Waals surface area contributed by atoms with Crippen molar-refractivity contribution < 1.29 is 4.79 Å². The van der Waals surface area contributed by atoms with Gasteiger partial charge in [0.15, 0.2) is 5.11 Å². The van der Waals surface area contributed by atoms with Crippen molar-refractivity contribution in [2.75, 3.05) is 0 Å². The van der Waals surface area contributed by atoms with Crippen LogP contribution in [0.4, 0.5) is 0 Å². The largest absolute Gasteiger partial charge is 0.375 e. The first-order valence-corrected chi connectivity index (χ1v) is 5.39. The van der Waals surface area contributed by atoms with Crippen molar-refractivity contribution in [1.82, 2.24) is 10.9 Å². The van der Waals surface area contributed by atoms with Gasteiger partial charge in [0.2, 0.25) is 0 Å². The molecule has 0 bridgehead atoms. The first-order valence-electron chi connectivity index (χ1n) is 3.81. The van der Waals surface area contributed by atoms with Crippen molar-refractivity contribution in [3.05, 3.63) is 33.3 Å². The first kappa shape index (κ1) is 12.2. The monoisotopic (exact) mass is 307 g/mol. The van der Waals surface area contributed by atoms with E-state index < -0.39 is 0 Å². The molecule has 7 heteroatoms. The van der Waals surface area contributed by atoms with Gasteiger partial charge in [-0.25, -0.2) is 0 Å². The molecule has 80 valence electrons. The Morgan fingerprint density at radius 2 is 2.13 bits per heavy atom. The Kier molecular flexibility index (Phi) is 4.31. The second-order valence-electron chi connectivity index (χ2n) is 2.57. The second kappa shape index (κ2) is 5.29. The van der Waals surface area contributed by atoms with E-state index in [0.29, 0.717) is 10.6 Å². The molecular weight excluding hydrogens is 302 g/mol. The highest BCUT2D eigenvalue weighted by Gasteiger charge is 2.07. The van der Waals surface area contributed by atoms with Gasteiger partial charge in [-0.2, -0.15) is 0 Å². The summed E-state index contributed by atoms with van der Waals surface area (Å²) in [6.45, 7) is 0. The normalized spacial score (nSPS) is 9.47. The summed E-state index contributed by atoms with van der Waals surface area (Å²) in [4.78, 5) is 11.4. The number of benzene rings is 1. The molecular formula is C8H7BrClN3OS. The summed E-state index contributed by atoms with van der Waals surface area (Å²) in [5.41, 5.74) is 10.2. The van der Waals surface area contributed by atoms with Crippen molar-refractivity contribution in [2.24, 2.45) is 5.73 Å². The third-order valence-electron chi connectivity index (χ3n) is 1.48. The molecule has 0 radical (unpaired) electrons. The molecule has 0 aliphatic rings. The number of thiocarbonyl (C=S) groups is 1. The van der Waals surface area contributed by atoms with Gasteiger partial charge in [0.1, 0.15) is 0 Å². The molecule has 4 nitrogen and oxygen atoms in total. The number of rotatable bonds is 1. The Balaban J connectivity index is 2.74. The number of hydrogen-bond acceptors (Lipinski definition) is 2. The molecule has 0 unspecified atom stereocenters. The van der Waals surface area contributed by atoms with E-state index in [0.717, 1.165) is 4.47 Å². The third-order valence-corrected chi connectivity index (χ3v) is 2.82. The second-order valence-corrected chi connectivity index (χ2v) is 4.27. The van der Waals surface area contributed by atoms with Crippen LogP contribution in [0, 0.1) is 0 Å². The maximum atomic E-state index is 11.4. The van der Waals surface area contributed by atoms with Gasteiger partial charge in [-0.3, -0.25) is 15.6 Å². The van der Waals surface area contributed by atoms with Crippen LogP contribution in [0.5, 0.6) is 0 Å². The highest BCUT2D eigenvalue weighted by Crippen LogP contribution is 2.22. The van der Waals surface area contributed by atoms with E-state index in [2.05, 4.69) is 39.0 Å². The quantitative estimate of drug-likeness (QED) is 0.544. The molecule has 0 saturated heterocycles. The van der Waals surface area contributed by atoms with E-state index in [9.17, 15) is 4.79 Å². The van der Waals surface area contributed by atoms with Crippen LogP contribution in [0.25, 0.3) is 0 Å². The third kappa shape index (κ3) is 3.65. The Morgan fingerprint density at radius 3 is 2.67 bits per heavy atom. The van der Waals surface area contributed by atoms with Gasteiger partial charge in [0.05, 0.1) is 5.02 Å². The fourth-order valence-corrected chi connectivity index (χ4v) is 1.31. The molecule has 0 aliphatic heterocycles. The zero-order valence-electron chi connectivity index (χ0n) is 7.38. The van der Waals surface area contributed by atoms with Crippen molar-refractivity contribution in [1.29, 1.82) is 0 Å². The zero-order valence-corrected chi connectivity index (χ0v) is 10.5. The van der Waals surface area contributed by atoms with E-state index in [4.69, 9.17) is 17.3 Å². The molecule has 15 heavy (non-hydrogen) atoms. The Hall–Kier alpha value is -0.850. The average molecular weight is 309 g/mol. The number of nitrogens with two attached hydrogens (primary N) is 1. The molecule has 0 saturated carbocycles. The summed E-state index contributed by atoms with van der Waals surface area (Å²) in [7, 11) is 0. The van der Waals surface area contributed by atoms with Crippen LogP contribution in [0.2, 0.25) is 5.02 Å². The highest BCUT2D eigenvalue weighted by molar-refractivity contribution is 9.10. The molecule has 1 amide bonds. The van der Waals surface area contributed by atoms with E-state index in [1.54, 1.807) is 12.1 Å². The van der Waals surface area contributed by atoms with Crippen LogP contribution in [-0.2, 0) is 0 Å². The highest BCUT2D eigenvalue weighted by atomic mass is 79.9. The molecule has 0 aromatic heterocycles. The van der Waals surface area contributed by atoms with Gasteiger partial charge < -0.3 is 5.73 Å². The summed E-state index contributed by atoms with van der Waals surface area (Å²) >= 11 is 13.6. The number of amides is 1. The average Bonchev–Trinajstić information content (AvgIpc) is 2.18. The summed E-state index contributed by atoms with van der Waals surface area (Å²) in [5.74, 6) is -0.364. The number of hydrazine groups is 1. The summed E-state index contributed by atoms with van der Waals surface area (Å²) in [6.07, 6.45) is 0. The number of carbonyl (C=O) groups excluding carboxylic acids is 1. The van der Waals surface area contributed by atoms with Crippen molar-refractivity contribution in [2.45, 2.75) is 0 Å². The van der Waals surface area contributed by atoms with Crippen LogP contribution in [0.15, 0.2) is 22.7 Å². The topological polar surface area (TPSA) is 67.2 Å². The van der Waals surface area contributed by atoms with Gasteiger partial charge in [0, 0.05) is 10.0 Å². The van der Waals surface area contributed by atoms with Crippen LogP contribution in [-0.4, -0.2) is 11.0 Å². The fourth-order valence-electron chi connectivity index (χ4n) is 0.828. The molecule has 0 aliphatic carbocycles. The van der Waals surface area contributed by atoms with Gasteiger partial charge in [-0.15, -0.1) is 0 Å². The standard InChI is InChI=1S/C8H7BrClN3OS/c9-5-2-1-4(3-6(5)10)7(14)12-13-8(11)15/h1-3H,(H,12,14)(H3,11,13,15). The number of nitrogens with one attached hydrogen (secondary N) is 2. The van der Waals surface area contributed by atoms with Crippen LogP contribution in [0.1, 0.15) is 10.4 Å². The SMILES string of the molecule is NC(=S)NNC(=O)c1ccc(Br)c(Cl)c1. The molecule has 0 spiro atoms. The molecule has 1 aromatic carbocycles. The fraction of sp³-hybridized carbons (Fsp3) is 0. The number of halogens is 2. The lowest BCUT2D eigenvalue weighted by Crippen LogP contribution is -2.44. The lowest BCUT2D eigenvalue weighted by Gasteiger charge is -2.06. The zero-order chi connectivity index (χ0) is 11.4. The van der Waals surface area contributed by atoms with E-state index in [1.165, 1.54) is 6.07 Å².